The van der Waals surface area contributed by atoms with Gasteiger partial charge in [0.1, 0.15) is 0 Å². The predicted octanol–water partition coefficient (Wildman–Crippen LogP) is 3.34. The lowest BCUT2D eigenvalue weighted by molar-refractivity contribution is -0.120. The summed E-state index contributed by atoms with van der Waals surface area (Å²) in [6.07, 6.45) is 6.04. The normalized spacial score (nSPS) is 53.0. The Kier molecular flexibility index (Phi) is 2.04. The molecule has 96 valence electrons. The SMILES string of the molecule is CC(C)[C@@H]1CC[C@@H](C)[C@]23C=CC(=O)[C@]2(C)[C@]13C#N. The molecule has 0 aromatic rings. The predicted molar refractivity (Wildman–Crippen MR) is 69.5 cm³/mol. The van der Waals surface area contributed by atoms with Gasteiger partial charge >= 0.3 is 0 Å². The first-order valence-electron chi connectivity index (χ1n) is 7.05. The van der Waals surface area contributed by atoms with Crippen molar-refractivity contribution in [1.29, 1.82) is 5.26 Å². The summed E-state index contributed by atoms with van der Waals surface area (Å²) in [6.45, 7) is 8.64. The number of carbonyl (C=O) groups is 1. The quantitative estimate of drug-likeness (QED) is 0.708. The van der Waals surface area contributed by atoms with E-state index in [-0.39, 0.29) is 11.2 Å². The Morgan fingerprint density at radius 3 is 2.67 bits per heavy atom. The Labute approximate surface area is 109 Å². The number of hydrogen-bond acceptors (Lipinski definition) is 2. The van der Waals surface area contributed by atoms with Crippen molar-refractivity contribution >= 4 is 5.78 Å². The molecule has 3 aliphatic rings. The van der Waals surface area contributed by atoms with Gasteiger partial charge in [-0.2, -0.15) is 5.26 Å². The van der Waals surface area contributed by atoms with Crippen LogP contribution in [0.3, 0.4) is 0 Å². The van der Waals surface area contributed by atoms with Crippen molar-refractivity contribution in [2.45, 2.75) is 40.5 Å². The molecule has 2 heteroatoms. The molecule has 2 nitrogen and oxygen atoms in total. The van der Waals surface area contributed by atoms with E-state index in [9.17, 15) is 10.1 Å². The minimum Gasteiger partial charge on any atom is -0.294 e. The molecule has 0 amide bonds. The lowest BCUT2D eigenvalue weighted by atomic mass is 9.64. The van der Waals surface area contributed by atoms with Gasteiger partial charge in [-0.1, -0.05) is 26.8 Å². The third-order valence-electron chi connectivity index (χ3n) is 6.42. The van der Waals surface area contributed by atoms with Crippen molar-refractivity contribution in [3.05, 3.63) is 12.2 Å². The lowest BCUT2D eigenvalue weighted by Gasteiger charge is -2.38. The van der Waals surface area contributed by atoms with Gasteiger partial charge in [-0.3, -0.25) is 4.79 Å². The zero-order valence-corrected chi connectivity index (χ0v) is 11.7. The zero-order valence-electron chi connectivity index (χ0n) is 11.7. The van der Waals surface area contributed by atoms with Gasteiger partial charge in [-0.05, 0) is 43.6 Å². The van der Waals surface area contributed by atoms with Gasteiger partial charge in [0.05, 0.1) is 16.9 Å². The van der Waals surface area contributed by atoms with Gasteiger partial charge < -0.3 is 0 Å². The number of allylic oxidation sites excluding steroid dienone is 2. The number of ketones is 1. The van der Waals surface area contributed by atoms with Gasteiger partial charge in [0.15, 0.2) is 5.78 Å². The van der Waals surface area contributed by atoms with Gasteiger partial charge in [0.25, 0.3) is 0 Å². The van der Waals surface area contributed by atoms with Crippen molar-refractivity contribution in [3.8, 4) is 6.07 Å². The van der Waals surface area contributed by atoms with Crippen LogP contribution in [0.25, 0.3) is 0 Å². The van der Waals surface area contributed by atoms with Gasteiger partial charge in [0.2, 0.25) is 0 Å². The van der Waals surface area contributed by atoms with Crippen LogP contribution in [0.15, 0.2) is 12.2 Å². The standard InChI is InChI=1S/C16H21NO/c1-10(2)12-6-5-11(3)15-8-7-13(18)14(15,4)16(12,15)9-17/h7-8,10-12H,5-6H2,1-4H3/t11-,12+,14+,15-,16+/m1/s1. The molecule has 5 atom stereocenters. The summed E-state index contributed by atoms with van der Waals surface area (Å²) in [7, 11) is 0. The molecule has 0 heterocycles. The van der Waals surface area contributed by atoms with E-state index >= 15 is 0 Å². The molecule has 0 aromatic heterocycles. The van der Waals surface area contributed by atoms with E-state index in [1.165, 1.54) is 0 Å². The molecular formula is C16H21NO. The molecule has 0 N–H and O–H groups in total. The summed E-state index contributed by atoms with van der Waals surface area (Å²) < 4.78 is 0. The monoisotopic (exact) mass is 243 g/mol. The van der Waals surface area contributed by atoms with Crippen molar-refractivity contribution < 1.29 is 4.79 Å². The third kappa shape index (κ3) is 0.802. The van der Waals surface area contributed by atoms with E-state index in [1.54, 1.807) is 6.08 Å². The minimum atomic E-state index is -0.445. The molecule has 2 fully saturated rings. The van der Waals surface area contributed by atoms with Crippen LogP contribution < -0.4 is 0 Å². The van der Waals surface area contributed by atoms with E-state index in [1.807, 2.05) is 6.92 Å². The highest BCUT2D eigenvalue weighted by molar-refractivity contribution is 6.04. The molecule has 0 aromatic carbocycles. The number of nitriles is 1. The Morgan fingerprint density at radius 2 is 2.11 bits per heavy atom. The summed E-state index contributed by atoms with van der Waals surface area (Å²) in [5, 5.41) is 9.88. The Balaban J connectivity index is 2.22. The molecule has 1 spiro atoms. The van der Waals surface area contributed by atoms with Crippen LogP contribution >= 0.6 is 0 Å². The van der Waals surface area contributed by atoms with Crippen LogP contribution in [0.2, 0.25) is 0 Å². The van der Waals surface area contributed by atoms with E-state index in [4.69, 9.17) is 0 Å². The topological polar surface area (TPSA) is 40.9 Å². The molecule has 2 saturated carbocycles. The van der Waals surface area contributed by atoms with E-state index in [0.29, 0.717) is 17.8 Å². The van der Waals surface area contributed by atoms with E-state index < -0.39 is 10.8 Å². The second-order valence-electron chi connectivity index (χ2n) is 6.94. The number of hydrogen-bond donors (Lipinski definition) is 0. The molecule has 0 aliphatic heterocycles. The molecular weight excluding hydrogens is 222 g/mol. The van der Waals surface area contributed by atoms with Crippen molar-refractivity contribution in [1.82, 2.24) is 0 Å². The van der Waals surface area contributed by atoms with Gasteiger partial charge in [-0.25, -0.2) is 0 Å². The molecule has 0 bridgehead atoms. The largest absolute Gasteiger partial charge is 0.294 e. The summed E-state index contributed by atoms with van der Waals surface area (Å²) in [5.74, 6) is 1.46. The average molecular weight is 243 g/mol. The summed E-state index contributed by atoms with van der Waals surface area (Å²) >= 11 is 0. The van der Waals surface area contributed by atoms with Crippen LogP contribution in [-0.4, -0.2) is 5.78 Å². The van der Waals surface area contributed by atoms with E-state index in [2.05, 4.69) is 32.9 Å². The fraction of sp³-hybridized carbons (Fsp3) is 0.750. The molecule has 3 aliphatic carbocycles. The summed E-state index contributed by atoms with van der Waals surface area (Å²) in [5.41, 5.74) is -1.05. The van der Waals surface area contributed by atoms with Crippen LogP contribution in [0.5, 0.6) is 0 Å². The van der Waals surface area contributed by atoms with Crippen molar-refractivity contribution in [2.75, 3.05) is 0 Å². The van der Waals surface area contributed by atoms with Crippen molar-refractivity contribution in [3.63, 3.8) is 0 Å². The van der Waals surface area contributed by atoms with Gasteiger partial charge in [0, 0.05) is 5.41 Å². The van der Waals surface area contributed by atoms with Crippen LogP contribution in [0, 0.1) is 45.3 Å². The average Bonchev–Trinajstić information content (AvgIpc) is 2.71. The van der Waals surface area contributed by atoms with Crippen LogP contribution in [-0.2, 0) is 4.79 Å². The highest BCUT2D eigenvalue weighted by Gasteiger charge is 2.92. The highest BCUT2D eigenvalue weighted by atomic mass is 16.1. The number of rotatable bonds is 1. The Morgan fingerprint density at radius 1 is 1.44 bits per heavy atom. The summed E-state index contributed by atoms with van der Waals surface area (Å²) in [4.78, 5) is 12.3. The first-order valence-corrected chi connectivity index (χ1v) is 7.05. The van der Waals surface area contributed by atoms with Crippen LogP contribution in [0.4, 0.5) is 0 Å². The molecule has 0 radical (unpaired) electrons. The fourth-order valence-electron chi connectivity index (χ4n) is 5.59. The first kappa shape index (κ1) is 12.0. The maximum absolute atomic E-state index is 12.3. The highest BCUT2D eigenvalue weighted by Crippen LogP contribution is 2.89. The molecule has 3 rings (SSSR count). The lowest BCUT2D eigenvalue weighted by Crippen LogP contribution is -2.35. The maximum Gasteiger partial charge on any atom is 0.163 e. The number of carbonyl (C=O) groups excluding carboxylic acids is 1. The second kappa shape index (κ2) is 3.07. The minimum absolute atomic E-state index is 0.168. The molecule has 0 unspecified atom stereocenters. The zero-order chi connectivity index (χ0) is 13.3. The van der Waals surface area contributed by atoms with Crippen LogP contribution in [0.1, 0.15) is 40.5 Å². The third-order valence-corrected chi connectivity index (χ3v) is 6.42. The second-order valence-corrected chi connectivity index (χ2v) is 6.94. The fourth-order valence-corrected chi connectivity index (χ4v) is 5.59. The van der Waals surface area contributed by atoms with E-state index in [0.717, 1.165) is 12.8 Å². The number of fused-ring (bicyclic) bond motifs is 1. The maximum atomic E-state index is 12.3. The Bertz CT molecular complexity index is 500. The Hall–Kier alpha value is -1.10. The van der Waals surface area contributed by atoms with Crippen molar-refractivity contribution in [2.24, 2.45) is 34.0 Å². The summed E-state index contributed by atoms with van der Waals surface area (Å²) in [6, 6.07) is 2.61. The van der Waals surface area contributed by atoms with Gasteiger partial charge in [-0.15, -0.1) is 0 Å². The number of nitrogens with zero attached hydrogens (tertiary/aromatic N) is 1. The smallest absolute Gasteiger partial charge is 0.163 e. The first-order chi connectivity index (χ1) is 8.40. The molecule has 18 heavy (non-hydrogen) atoms. The molecule has 0 saturated heterocycles.